The van der Waals surface area contributed by atoms with Crippen LogP contribution < -0.4 is 15.6 Å². The molecule has 160 valence electrons. The summed E-state index contributed by atoms with van der Waals surface area (Å²) in [4.78, 5) is 21.4. The average molecular weight is 446 g/mol. The summed E-state index contributed by atoms with van der Waals surface area (Å²) in [6.07, 6.45) is 1.60. The van der Waals surface area contributed by atoms with Gasteiger partial charge in [-0.15, -0.1) is 0 Å². The van der Waals surface area contributed by atoms with Crippen molar-refractivity contribution in [1.29, 1.82) is 0 Å². The summed E-state index contributed by atoms with van der Waals surface area (Å²) in [6, 6.07) is 13.2. The van der Waals surface area contributed by atoms with E-state index in [2.05, 4.69) is 20.0 Å². The first-order chi connectivity index (χ1) is 14.9. The van der Waals surface area contributed by atoms with Crippen LogP contribution in [-0.2, 0) is 13.1 Å². The average Bonchev–Trinajstić information content (AvgIpc) is 3.18. The maximum Gasteiger partial charge on any atom is 0.387 e. The second-order valence-corrected chi connectivity index (χ2v) is 7.12. The zero-order valence-corrected chi connectivity index (χ0v) is 17.2. The predicted molar refractivity (Wildman–Crippen MR) is 114 cm³/mol. The molecule has 0 fully saturated rings. The van der Waals surface area contributed by atoms with E-state index in [4.69, 9.17) is 11.6 Å². The maximum atomic E-state index is 12.7. The van der Waals surface area contributed by atoms with Crippen molar-refractivity contribution >= 4 is 34.4 Å². The monoisotopic (exact) mass is 445 g/mol. The Hall–Kier alpha value is -3.46. The smallest absolute Gasteiger partial charge is 0.387 e. The Morgan fingerprint density at radius 1 is 1.13 bits per heavy atom. The number of fused-ring (bicyclic) bond motifs is 1. The fourth-order valence-electron chi connectivity index (χ4n) is 3.20. The van der Waals surface area contributed by atoms with Gasteiger partial charge < -0.3 is 14.6 Å². The Morgan fingerprint density at radius 3 is 2.48 bits per heavy atom. The van der Waals surface area contributed by atoms with Crippen molar-refractivity contribution in [2.24, 2.45) is 0 Å². The van der Waals surface area contributed by atoms with Crippen LogP contribution in [0.5, 0.6) is 5.75 Å². The lowest BCUT2D eigenvalue weighted by Gasteiger charge is -2.15. The minimum absolute atomic E-state index is 0.0317. The first kappa shape index (κ1) is 20.8. The number of hydrogen-bond donors (Lipinski definition) is 1. The van der Waals surface area contributed by atoms with Crippen LogP contribution in [0.4, 0.5) is 20.4 Å². The number of nitrogens with one attached hydrogen (secondary N) is 1. The number of ether oxygens (including phenoxy) is 1. The quantitative estimate of drug-likeness (QED) is 0.448. The number of imidazole rings is 1. The highest BCUT2D eigenvalue weighted by Gasteiger charge is 2.16. The lowest BCUT2D eigenvalue weighted by Crippen LogP contribution is -2.20. The minimum Gasteiger partial charge on any atom is -0.435 e. The molecule has 0 saturated heterocycles. The molecule has 31 heavy (non-hydrogen) atoms. The van der Waals surface area contributed by atoms with E-state index in [9.17, 15) is 13.6 Å². The molecule has 2 aromatic heterocycles. The van der Waals surface area contributed by atoms with Gasteiger partial charge in [0.05, 0.1) is 12.9 Å². The molecule has 0 amide bonds. The zero-order valence-electron chi connectivity index (χ0n) is 16.4. The van der Waals surface area contributed by atoms with Crippen molar-refractivity contribution in [3.63, 3.8) is 0 Å². The topological polar surface area (TPSA) is 74.0 Å². The molecule has 0 bridgehead atoms. The summed E-state index contributed by atoms with van der Waals surface area (Å²) in [5.74, 6) is 0.306. The van der Waals surface area contributed by atoms with Crippen LogP contribution in [0.3, 0.4) is 0 Å². The van der Waals surface area contributed by atoms with Gasteiger partial charge in [0.1, 0.15) is 5.75 Å². The Morgan fingerprint density at radius 2 is 1.84 bits per heavy atom. The van der Waals surface area contributed by atoms with Crippen molar-refractivity contribution < 1.29 is 13.5 Å². The molecule has 0 saturated carbocycles. The molecule has 0 unspecified atom stereocenters. The Bertz CT molecular complexity index is 1250. The largest absolute Gasteiger partial charge is 0.435 e. The molecule has 7 nitrogen and oxygen atoms in total. The summed E-state index contributed by atoms with van der Waals surface area (Å²) in [5, 5.41) is 3.70. The van der Waals surface area contributed by atoms with Crippen molar-refractivity contribution in [2.45, 2.75) is 26.6 Å². The first-order valence-electron chi connectivity index (χ1n) is 9.46. The van der Waals surface area contributed by atoms with E-state index in [1.807, 2.05) is 19.1 Å². The van der Waals surface area contributed by atoms with Crippen LogP contribution in [0.25, 0.3) is 11.2 Å². The summed E-state index contributed by atoms with van der Waals surface area (Å²) in [5.41, 5.74) is 1.96. The lowest BCUT2D eigenvalue weighted by molar-refractivity contribution is -0.0498. The summed E-state index contributed by atoms with van der Waals surface area (Å²) < 4.78 is 32.6. The second kappa shape index (κ2) is 8.73. The highest BCUT2D eigenvalue weighted by molar-refractivity contribution is 6.30. The van der Waals surface area contributed by atoms with Crippen molar-refractivity contribution in [2.75, 3.05) is 5.32 Å². The first-order valence-corrected chi connectivity index (χ1v) is 9.84. The van der Waals surface area contributed by atoms with Crippen LogP contribution >= 0.6 is 11.6 Å². The fourth-order valence-corrected chi connectivity index (χ4v) is 3.33. The van der Waals surface area contributed by atoms with Gasteiger partial charge in [0, 0.05) is 17.3 Å². The third-order valence-electron chi connectivity index (χ3n) is 4.67. The molecular formula is C21H18ClF2N5O2. The van der Waals surface area contributed by atoms with Gasteiger partial charge in [-0.05, 0) is 48.9 Å². The van der Waals surface area contributed by atoms with Crippen molar-refractivity contribution in [3.05, 3.63) is 75.8 Å². The lowest BCUT2D eigenvalue weighted by atomic mass is 10.2. The van der Waals surface area contributed by atoms with E-state index >= 15 is 0 Å². The third kappa shape index (κ3) is 4.51. The number of nitrogens with zero attached hydrogens (tertiary/aromatic N) is 4. The summed E-state index contributed by atoms with van der Waals surface area (Å²) in [7, 11) is 0. The second-order valence-electron chi connectivity index (χ2n) is 6.68. The van der Waals surface area contributed by atoms with E-state index in [0.29, 0.717) is 35.0 Å². The van der Waals surface area contributed by atoms with E-state index in [-0.39, 0.29) is 11.7 Å². The van der Waals surface area contributed by atoms with Gasteiger partial charge in [0.25, 0.3) is 0 Å². The van der Waals surface area contributed by atoms with Gasteiger partial charge in [-0.2, -0.15) is 13.8 Å². The van der Waals surface area contributed by atoms with Gasteiger partial charge in [-0.25, -0.2) is 4.98 Å². The normalized spacial score (nSPS) is 11.3. The van der Waals surface area contributed by atoms with Crippen LogP contribution in [0.15, 0.2) is 59.7 Å². The Labute approximate surface area is 180 Å². The third-order valence-corrected chi connectivity index (χ3v) is 4.92. The molecule has 4 rings (SSSR count). The predicted octanol–water partition coefficient (Wildman–Crippen LogP) is 4.66. The van der Waals surface area contributed by atoms with Crippen LogP contribution in [0, 0.1) is 0 Å². The molecule has 0 radical (unpaired) electrons. The van der Waals surface area contributed by atoms with E-state index in [1.165, 1.54) is 12.1 Å². The molecule has 4 aromatic rings. The van der Waals surface area contributed by atoms with Gasteiger partial charge >= 0.3 is 12.2 Å². The van der Waals surface area contributed by atoms with Crippen LogP contribution in [-0.4, -0.2) is 25.7 Å². The molecule has 10 heteroatoms. The zero-order chi connectivity index (χ0) is 22.0. The van der Waals surface area contributed by atoms with Gasteiger partial charge in [0.2, 0.25) is 5.95 Å². The maximum absolute atomic E-state index is 12.7. The highest BCUT2D eigenvalue weighted by atomic mass is 35.5. The molecule has 2 aromatic carbocycles. The number of hydrogen-bond acceptors (Lipinski definition) is 5. The van der Waals surface area contributed by atoms with Crippen molar-refractivity contribution in [1.82, 2.24) is 19.1 Å². The molecule has 0 spiro atoms. The number of anilines is 2. The molecular weight excluding hydrogens is 428 g/mol. The van der Waals surface area contributed by atoms with Crippen molar-refractivity contribution in [3.8, 4) is 5.75 Å². The number of benzene rings is 2. The molecule has 0 aliphatic carbocycles. The van der Waals surface area contributed by atoms with Crippen LogP contribution in [0.1, 0.15) is 12.5 Å². The summed E-state index contributed by atoms with van der Waals surface area (Å²) in [6.45, 7) is -0.0242. The Kier molecular flexibility index (Phi) is 5.85. The van der Waals surface area contributed by atoms with E-state index in [1.54, 1.807) is 39.7 Å². The molecule has 1 N–H and O–H groups in total. The number of aryl methyl sites for hydroxylation is 1. The minimum atomic E-state index is -2.90. The molecule has 0 atom stereocenters. The number of alkyl halides is 2. The van der Waals surface area contributed by atoms with Crippen LogP contribution in [0.2, 0.25) is 5.02 Å². The number of halogens is 3. The van der Waals surface area contributed by atoms with E-state index < -0.39 is 12.2 Å². The van der Waals surface area contributed by atoms with Gasteiger partial charge in [-0.3, -0.25) is 9.36 Å². The van der Waals surface area contributed by atoms with E-state index in [0.717, 1.165) is 5.56 Å². The standard InChI is InChI=1S/C21H18ClF2N5O2/c1-2-28-12-25-18-17(28)19(30)27-21(29(18)11-13-3-5-14(22)6-4-13)26-15-7-9-16(10-8-15)31-20(23)24/h3-10,12,20H,2,11H2,1H3,(H,26,27,30). The SMILES string of the molecule is CCn1cnc2c1c(=O)nc(Nc1ccc(OC(F)F)cc1)n2Cc1ccc(Cl)cc1. The van der Waals surface area contributed by atoms with Gasteiger partial charge in [0.15, 0.2) is 11.2 Å². The van der Waals surface area contributed by atoms with Gasteiger partial charge in [-0.1, -0.05) is 23.7 Å². The fraction of sp³-hybridized carbons (Fsp3) is 0.190. The Balaban J connectivity index is 1.76. The molecule has 0 aliphatic heterocycles. The number of aromatic nitrogens is 4. The highest BCUT2D eigenvalue weighted by Crippen LogP contribution is 2.23. The molecule has 0 aliphatic rings. The number of rotatable bonds is 7. The molecule has 2 heterocycles. The summed E-state index contributed by atoms with van der Waals surface area (Å²) >= 11 is 5.99.